The van der Waals surface area contributed by atoms with E-state index in [0.29, 0.717) is 11.2 Å². The maximum atomic E-state index is 12.8. The van der Waals surface area contributed by atoms with Crippen LogP contribution in [0.25, 0.3) is 11.0 Å². The molecule has 1 saturated carbocycles. The highest BCUT2D eigenvalue weighted by Gasteiger charge is 2.25. The molecule has 0 radical (unpaired) electrons. The van der Waals surface area contributed by atoms with Gasteiger partial charge in [0.25, 0.3) is 5.56 Å². The van der Waals surface area contributed by atoms with Crippen LogP contribution in [0.4, 0.5) is 5.95 Å². The minimum Gasteiger partial charge on any atom is -0.368 e. The van der Waals surface area contributed by atoms with Crippen LogP contribution in [0.3, 0.4) is 0 Å². The molecule has 0 aromatic carbocycles. The van der Waals surface area contributed by atoms with Gasteiger partial charge in [-0.2, -0.15) is 4.98 Å². The standard InChI is InChI=1S/C15H18N4O2.C2H6.CH4/c1-8-11-7-17-15(16)18-13(11)19(10-5-3-4-6-10)14(21)12(8)9(2)20;1-2;/h7,10H,3-6H2,1-2H3,(H2,16,17,18);1-2H3;1H4. The fourth-order valence-corrected chi connectivity index (χ4v) is 3.26. The topological polar surface area (TPSA) is 90.9 Å². The van der Waals surface area contributed by atoms with Gasteiger partial charge in [0.05, 0.1) is 5.56 Å². The number of fused-ring (bicyclic) bond motifs is 1. The van der Waals surface area contributed by atoms with Gasteiger partial charge in [0.2, 0.25) is 5.95 Å². The molecule has 6 nitrogen and oxygen atoms in total. The van der Waals surface area contributed by atoms with Crippen LogP contribution in [0.1, 0.15) is 75.8 Å². The number of aryl methyl sites for hydroxylation is 1. The van der Waals surface area contributed by atoms with Crippen molar-refractivity contribution in [3.8, 4) is 0 Å². The van der Waals surface area contributed by atoms with Gasteiger partial charge in [-0.3, -0.25) is 14.2 Å². The predicted octanol–water partition coefficient (Wildman–Crippen LogP) is 3.66. The Bertz CT molecular complexity index is 790. The Balaban J connectivity index is 0.000000925. The van der Waals surface area contributed by atoms with Crippen molar-refractivity contribution in [1.29, 1.82) is 0 Å². The number of hydrogen-bond donors (Lipinski definition) is 1. The quantitative estimate of drug-likeness (QED) is 0.847. The number of nitrogens with two attached hydrogens (primary N) is 1. The molecule has 6 heteroatoms. The Morgan fingerprint density at radius 2 is 1.88 bits per heavy atom. The molecule has 2 aromatic rings. The van der Waals surface area contributed by atoms with E-state index >= 15 is 0 Å². The van der Waals surface area contributed by atoms with Gasteiger partial charge in [0, 0.05) is 17.6 Å². The molecule has 0 aliphatic heterocycles. The van der Waals surface area contributed by atoms with Crippen LogP contribution in [0, 0.1) is 6.92 Å². The summed E-state index contributed by atoms with van der Waals surface area (Å²) in [5.74, 6) is -0.0772. The molecule has 1 aliphatic rings. The summed E-state index contributed by atoms with van der Waals surface area (Å²) in [5, 5.41) is 0.723. The molecule has 0 amide bonds. The lowest BCUT2D eigenvalue weighted by Crippen LogP contribution is -2.30. The SMILES string of the molecule is C.CC.CC(=O)c1c(C)c2cnc(N)nc2n(C2CCCC2)c1=O. The lowest BCUT2D eigenvalue weighted by atomic mass is 10.0. The molecule has 0 saturated heterocycles. The third-order valence-corrected chi connectivity index (χ3v) is 4.27. The van der Waals surface area contributed by atoms with Crippen molar-refractivity contribution in [3.05, 3.63) is 27.7 Å². The summed E-state index contributed by atoms with van der Waals surface area (Å²) in [6.45, 7) is 7.19. The molecule has 0 bridgehead atoms. The molecule has 132 valence electrons. The molecule has 3 rings (SSSR count). The van der Waals surface area contributed by atoms with Crippen molar-refractivity contribution in [2.45, 2.75) is 66.8 Å². The fourth-order valence-electron chi connectivity index (χ4n) is 3.26. The normalized spacial score (nSPS) is 14.0. The molecule has 0 unspecified atom stereocenters. The van der Waals surface area contributed by atoms with E-state index < -0.39 is 0 Å². The average molecular weight is 332 g/mol. The van der Waals surface area contributed by atoms with Gasteiger partial charge in [-0.05, 0) is 32.3 Å². The Kier molecular flexibility index (Phi) is 6.63. The number of nitrogen functional groups attached to an aromatic ring is 1. The smallest absolute Gasteiger partial charge is 0.263 e. The van der Waals surface area contributed by atoms with E-state index in [1.165, 1.54) is 6.92 Å². The summed E-state index contributed by atoms with van der Waals surface area (Å²) in [6, 6.07) is 0.0907. The van der Waals surface area contributed by atoms with Crippen LogP contribution in [0.2, 0.25) is 0 Å². The minimum atomic E-state index is -0.252. The van der Waals surface area contributed by atoms with Crippen molar-refractivity contribution in [2.75, 3.05) is 5.73 Å². The Morgan fingerprint density at radius 1 is 1.29 bits per heavy atom. The highest BCUT2D eigenvalue weighted by Crippen LogP contribution is 2.31. The maximum absolute atomic E-state index is 12.8. The van der Waals surface area contributed by atoms with E-state index in [0.717, 1.165) is 31.1 Å². The monoisotopic (exact) mass is 332 g/mol. The van der Waals surface area contributed by atoms with E-state index in [4.69, 9.17) is 5.73 Å². The van der Waals surface area contributed by atoms with Crippen molar-refractivity contribution >= 4 is 22.8 Å². The van der Waals surface area contributed by atoms with Crippen LogP contribution in [0.15, 0.2) is 11.0 Å². The van der Waals surface area contributed by atoms with Crippen LogP contribution in [-0.2, 0) is 0 Å². The highest BCUT2D eigenvalue weighted by molar-refractivity contribution is 5.99. The van der Waals surface area contributed by atoms with Crippen molar-refractivity contribution in [2.24, 2.45) is 0 Å². The fraction of sp³-hybridized carbons (Fsp3) is 0.556. The third kappa shape index (κ3) is 3.32. The zero-order valence-corrected chi connectivity index (χ0v) is 14.2. The average Bonchev–Trinajstić information content (AvgIpc) is 3.02. The summed E-state index contributed by atoms with van der Waals surface area (Å²) < 4.78 is 1.66. The van der Waals surface area contributed by atoms with Gasteiger partial charge in [0.1, 0.15) is 5.65 Å². The van der Waals surface area contributed by atoms with E-state index in [-0.39, 0.29) is 36.3 Å². The first-order chi connectivity index (χ1) is 11.0. The van der Waals surface area contributed by atoms with Crippen molar-refractivity contribution in [1.82, 2.24) is 14.5 Å². The van der Waals surface area contributed by atoms with Crippen LogP contribution < -0.4 is 11.3 Å². The molecule has 0 atom stereocenters. The van der Waals surface area contributed by atoms with Crippen LogP contribution >= 0.6 is 0 Å². The van der Waals surface area contributed by atoms with Crippen molar-refractivity contribution in [3.63, 3.8) is 0 Å². The number of Topliss-reactive ketones (excluding diaryl/α,β-unsaturated/α-hetero) is 1. The third-order valence-electron chi connectivity index (χ3n) is 4.27. The van der Waals surface area contributed by atoms with Crippen LogP contribution in [0.5, 0.6) is 0 Å². The Hall–Kier alpha value is -2.24. The van der Waals surface area contributed by atoms with Crippen LogP contribution in [-0.4, -0.2) is 20.3 Å². The van der Waals surface area contributed by atoms with E-state index in [1.807, 2.05) is 13.8 Å². The zero-order chi connectivity index (χ0) is 17.1. The molecule has 24 heavy (non-hydrogen) atoms. The number of aromatic nitrogens is 3. The largest absolute Gasteiger partial charge is 0.368 e. The molecule has 0 spiro atoms. The molecule has 2 N–H and O–H groups in total. The number of rotatable bonds is 2. The Morgan fingerprint density at radius 3 is 2.42 bits per heavy atom. The Labute approximate surface area is 143 Å². The number of nitrogens with zero attached hydrogens (tertiary/aromatic N) is 3. The van der Waals surface area contributed by atoms with E-state index in [9.17, 15) is 9.59 Å². The number of pyridine rings is 1. The van der Waals surface area contributed by atoms with Gasteiger partial charge in [-0.1, -0.05) is 34.1 Å². The van der Waals surface area contributed by atoms with Gasteiger partial charge in [0.15, 0.2) is 5.78 Å². The van der Waals surface area contributed by atoms with Crippen molar-refractivity contribution < 1.29 is 4.79 Å². The molecule has 1 aliphatic carbocycles. The minimum absolute atomic E-state index is 0. The molecular formula is C18H28N4O2. The lowest BCUT2D eigenvalue weighted by Gasteiger charge is -2.19. The second-order valence-corrected chi connectivity index (χ2v) is 5.64. The van der Waals surface area contributed by atoms with Gasteiger partial charge in [-0.15, -0.1) is 0 Å². The van der Waals surface area contributed by atoms with Gasteiger partial charge < -0.3 is 5.73 Å². The molecule has 1 fully saturated rings. The summed E-state index contributed by atoms with van der Waals surface area (Å²) in [6.07, 6.45) is 5.63. The maximum Gasteiger partial charge on any atom is 0.263 e. The summed E-state index contributed by atoms with van der Waals surface area (Å²) in [5.41, 5.74) is 6.85. The second-order valence-electron chi connectivity index (χ2n) is 5.64. The molecular weight excluding hydrogens is 304 g/mol. The highest BCUT2D eigenvalue weighted by atomic mass is 16.1. The van der Waals surface area contributed by atoms with Gasteiger partial charge >= 0.3 is 0 Å². The number of carbonyl (C=O) groups is 1. The second kappa shape index (κ2) is 8.04. The molecule has 2 aromatic heterocycles. The number of anilines is 1. The number of carbonyl (C=O) groups excluding carboxylic acids is 1. The zero-order valence-electron chi connectivity index (χ0n) is 14.2. The number of hydrogen-bond acceptors (Lipinski definition) is 5. The summed E-state index contributed by atoms with van der Waals surface area (Å²) in [7, 11) is 0. The summed E-state index contributed by atoms with van der Waals surface area (Å²) >= 11 is 0. The number of ketones is 1. The lowest BCUT2D eigenvalue weighted by molar-refractivity contribution is 0.101. The van der Waals surface area contributed by atoms with Gasteiger partial charge in [-0.25, -0.2) is 4.98 Å². The molecule has 2 heterocycles. The first-order valence-electron chi connectivity index (χ1n) is 8.19. The first kappa shape index (κ1) is 19.8. The first-order valence-corrected chi connectivity index (χ1v) is 8.19. The summed E-state index contributed by atoms with van der Waals surface area (Å²) in [4.78, 5) is 32.9. The van der Waals surface area contributed by atoms with E-state index in [1.54, 1.807) is 17.7 Å². The predicted molar refractivity (Wildman–Crippen MR) is 98.5 cm³/mol. The van der Waals surface area contributed by atoms with E-state index in [2.05, 4.69) is 9.97 Å².